The molecule has 0 bridgehead atoms. The number of rotatable bonds is 6. The van der Waals surface area contributed by atoms with Gasteiger partial charge in [-0.2, -0.15) is 0 Å². The lowest BCUT2D eigenvalue weighted by atomic mass is 10.1. The highest BCUT2D eigenvalue weighted by Gasteiger charge is 2.38. The monoisotopic (exact) mass is 234 g/mol. The van der Waals surface area contributed by atoms with Gasteiger partial charge in [0.2, 0.25) is 0 Å². The number of carbonyl (C=O) groups excluding carboxylic acids is 1. The summed E-state index contributed by atoms with van der Waals surface area (Å²) in [7, 11) is -2.41. The van der Waals surface area contributed by atoms with Gasteiger partial charge in [0.1, 0.15) is 12.8 Å². The van der Waals surface area contributed by atoms with E-state index in [2.05, 4.69) is 0 Å². The first-order valence-corrected chi connectivity index (χ1v) is 7.81. The van der Waals surface area contributed by atoms with Gasteiger partial charge in [-0.15, -0.1) is 0 Å². The molecule has 0 amide bonds. The van der Waals surface area contributed by atoms with Crippen molar-refractivity contribution in [3.05, 3.63) is 0 Å². The van der Waals surface area contributed by atoms with Gasteiger partial charge in [0, 0.05) is 0 Å². The Kier molecular flexibility index (Phi) is 6.19. The van der Waals surface area contributed by atoms with Crippen molar-refractivity contribution in [1.29, 1.82) is 0 Å². The largest absolute Gasteiger partial charge is 0.465 e. The fourth-order valence-electron chi connectivity index (χ4n) is 1.85. The zero-order chi connectivity index (χ0) is 12.1. The van der Waals surface area contributed by atoms with Crippen molar-refractivity contribution in [3.63, 3.8) is 0 Å². The number of hydrogen-bond acceptors (Lipinski definition) is 3. The van der Waals surface area contributed by atoms with Gasteiger partial charge in [0.25, 0.3) is 0 Å². The maximum Gasteiger partial charge on any atom is 0.316 e. The maximum absolute atomic E-state index is 12.5. The summed E-state index contributed by atoms with van der Waals surface area (Å²) in [5, 5.41) is 0. The number of hydrogen-bond donors (Lipinski definition) is 0. The Morgan fingerprint density at radius 3 is 1.93 bits per heavy atom. The van der Waals surface area contributed by atoms with E-state index < -0.39 is 12.8 Å². The SMILES string of the molecule is CCOC(=O)C(C(C)C)P(=O)(CC)CC. The van der Waals surface area contributed by atoms with Crippen molar-refractivity contribution in [2.45, 2.75) is 40.3 Å². The molecule has 0 aromatic rings. The van der Waals surface area contributed by atoms with E-state index in [-0.39, 0.29) is 11.9 Å². The lowest BCUT2D eigenvalue weighted by Crippen LogP contribution is -2.30. The molecule has 0 aliphatic heterocycles. The van der Waals surface area contributed by atoms with Crippen molar-refractivity contribution >= 4 is 13.1 Å². The predicted molar refractivity (Wildman–Crippen MR) is 63.9 cm³/mol. The van der Waals surface area contributed by atoms with Crippen LogP contribution in [0.2, 0.25) is 0 Å². The minimum atomic E-state index is -2.41. The second-order valence-corrected chi connectivity index (χ2v) is 7.75. The number of carbonyl (C=O) groups is 1. The van der Waals surface area contributed by atoms with Crippen LogP contribution in [0.1, 0.15) is 34.6 Å². The first-order valence-electron chi connectivity index (χ1n) is 5.67. The van der Waals surface area contributed by atoms with Gasteiger partial charge in [-0.3, -0.25) is 4.79 Å². The van der Waals surface area contributed by atoms with Crippen LogP contribution < -0.4 is 0 Å². The molecule has 3 nitrogen and oxygen atoms in total. The van der Waals surface area contributed by atoms with E-state index in [0.29, 0.717) is 18.9 Å². The lowest BCUT2D eigenvalue weighted by molar-refractivity contribution is -0.143. The summed E-state index contributed by atoms with van der Waals surface area (Å²) in [6.07, 6.45) is 1.15. The molecule has 1 unspecified atom stereocenters. The molecule has 0 aliphatic carbocycles. The summed E-state index contributed by atoms with van der Waals surface area (Å²) >= 11 is 0. The van der Waals surface area contributed by atoms with E-state index in [1.165, 1.54) is 0 Å². The predicted octanol–water partition coefficient (Wildman–Crippen LogP) is 2.98. The third-order valence-corrected chi connectivity index (χ3v) is 6.70. The fraction of sp³-hybridized carbons (Fsp3) is 0.909. The molecule has 0 aromatic carbocycles. The zero-order valence-corrected chi connectivity index (χ0v) is 11.3. The van der Waals surface area contributed by atoms with Crippen LogP contribution in [0.15, 0.2) is 0 Å². The third kappa shape index (κ3) is 3.64. The van der Waals surface area contributed by atoms with Crippen LogP contribution in [0.3, 0.4) is 0 Å². The molecule has 1 atom stereocenters. The number of ether oxygens (including phenoxy) is 1. The summed E-state index contributed by atoms with van der Waals surface area (Å²) in [6.45, 7) is 9.77. The molecule has 0 radical (unpaired) electrons. The quantitative estimate of drug-likeness (QED) is 0.524. The molecule has 0 rings (SSSR count). The van der Waals surface area contributed by atoms with Crippen molar-refractivity contribution < 1.29 is 14.1 Å². The summed E-state index contributed by atoms with van der Waals surface area (Å²) in [4.78, 5) is 11.8. The molecule has 0 N–H and O–H groups in total. The van der Waals surface area contributed by atoms with E-state index in [0.717, 1.165) is 0 Å². The molecule has 0 saturated heterocycles. The summed E-state index contributed by atoms with van der Waals surface area (Å²) in [6, 6.07) is 0. The van der Waals surface area contributed by atoms with E-state index in [9.17, 15) is 9.36 Å². The van der Waals surface area contributed by atoms with Gasteiger partial charge in [-0.05, 0) is 25.2 Å². The maximum atomic E-state index is 12.5. The highest BCUT2D eigenvalue weighted by Crippen LogP contribution is 2.53. The first-order chi connectivity index (χ1) is 6.92. The second kappa shape index (κ2) is 6.32. The molecular weight excluding hydrogens is 211 g/mol. The highest BCUT2D eigenvalue weighted by molar-refractivity contribution is 7.65. The molecule has 0 aromatic heterocycles. The average Bonchev–Trinajstić information content (AvgIpc) is 2.17. The Bertz CT molecular complexity index is 240. The molecule has 0 aliphatic rings. The van der Waals surface area contributed by atoms with Gasteiger partial charge in [0.05, 0.1) is 6.61 Å². The molecule has 4 heteroatoms. The van der Waals surface area contributed by atoms with Crippen LogP contribution in [-0.4, -0.2) is 30.6 Å². The summed E-state index contributed by atoms with van der Waals surface area (Å²) in [5.74, 6) is -0.214. The average molecular weight is 234 g/mol. The van der Waals surface area contributed by atoms with E-state index in [4.69, 9.17) is 4.74 Å². The van der Waals surface area contributed by atoms with Crippen LogP contribution in [0.4, 0.5) is 0 Å². The molecule has 0 spiro atoms. The Morgan fingerprint density at radius 1 is 1.20 bits per heavy atom. The minimum absolute atomic E-state index is 0.0785. The van der Waals surface area contributed by atoms with Crippen LogP contribution >= 0.6 is 7.14 Å². The van der Waals surface area contributed by atoms with Crippen LogP contribution in [0.25, 0.3) is 0 Å². The Balaban J connectivity index is 4.95. The first kappa shape index (κ1) is 14.7. The van der Waals surface area contributed by atoms with Gasteiger partial charge in [-0.1, -0.05) is 27.7 Å². The highest BCUT2D eigenvalue weighted by atomic mass is 31.2. The molecular formula is C11H23O3P. The Morgan fingerprint density at radius 2 is 1.67 bits per heavy atom. The van der Waals surface area contributed by atoms with Gasteiger partial charge < -0.3 is 9.30 Å². The summed E-state index contributed by atoms with van der Waals surface area (Å²) in [5.41, 5.74) is -0.424. The normalized spacial score (nSPS) is 14.0. The molecule has 15 heavy (non-hydrogen) atoms. The van der Waals surface area contributed by atoms with Crippen LogP contribution in [0.5, 0.6) is 0 Å². The standard InChI is InChI=1S/C11H23O3P/c1-6-14-11(12)10(9(4)5)15(13,7-2)8-3/h9-10H,6-8H2,1-5H3. The minimum Gasteiger partial charge on any atom is -0.465 e. The van der Waals surface area contributed by atoms with Crippen molar-refractivity contribution in [2.75, 3.05) is 18.9 Å². The molecule has 90 valence electrons. The molecule has 0 saturated carbocycles. The fourth-order valence-corrected chi connectivity index (χ4v) is 4.63. The van der Waals surface area contributed by atoms with Crippen LogP contribution in [-0.2, 0) is 14.1 Å². The van der Waals surface area contributed by atoms with E-state index >= 15 is 0 Å². The van der Waals surface area contributed by atoms with Crippen molar-refractivity contribution in [2.24, 2.45) is 5.92 Å². The lowest BCUT2D eigenvalue weighted by Gasteiger charge is -2.27. The summed E-state index contributed by atoms with van der Waals surface area (Å²) < 4.78 is 17.5. The van der Waals surface area contributed by atoms with E-state index in [1.807, 2.05) is 27.7 Å². The molecule has 0 fully saturated rings. The Labute approximate surface area is 93.0 Å². The smallest absolute Gasteiger partial charge is 0.316 e. The van der Waals surface area contributed by atoms with Gasteiger partial charge >= 0.3 is 5.97 Å². The number of esters is 1. The van der Waals surface area contributed by atoms with Gasteiger partial charge in [-0.25, -0.2) is 0 Å². The van der Waals surface area contributed by atoms with Crippen molar-refractivity contribution in [3.8, 4) is 0 Å². The third-order valence-electron chi connectivity index (χ3n) is 2.74. The van der Waals surface area contributed by atoms with Gasteiger partial charge in [0.15, 0.2) is 0 Å². The van der Waals surface area contributed by atoms with Crippen LogP contribution in [0, 0.1) is 5.92 Å². The Hall–Kier alpha value is -0.300. The van der Waals surface area contributed by atoms with Crippen molar-refractivity contribution in [1.82, 2.24) is 0 Å². The van der Waals surface area contributed by atoms with E-state index in [1.54, 1.807) is 6.92 Å². The topological polar surface area (TPSA) is 43.4 Å². The molecule has 0 heterocycles. The second-order valence-electron chi connectivity index (χ2n) is 4.03. The zero-order valence-electron chi connectivity index (χ0n) is 10.4.